The van der Waals surface area contributed by atoms with Gasteiger partial charge in [-0.1, -0.05) is 30.1 Å². The van der Waals surface area contributed by atoms with Gasteiger partial charge in [0.2, 0.25) is 5.95 Å². The summed E-state index contributed by atoms with van der Waals surface area (Å²) >= 11 is 12.1. The van der Waals surface area contributed by atoms with Crippen LogP contribution < -0.4 is 15.4 Å². The van der Waals surface area contributed by atoms with Crippen LogP contribution in [-0.2, 0) is 7.05 Å². The Balaban J connectivity index is 1.70. The number of anilines is 2. The first-order chi connectivity index (χ1) is 16.1. The van der Waals surface area contributed by atoms with Gasteiger partial charge in [-0.3, -0.25) is 4.79 Å². The third-order valence-corrected chi connectivity index (χ3v) is 6.83. The van der Waals surface area contributed by atoms with Gasteiger partial charge in [-0.15, -0.1) is 0 Å². The molecule has 0 spiro atoms. The van der Waals surface area contributed by atoms with E-state index >= 15 is 0 Å². The Morgan fingerprint density at radius 1 is 1.18 bits per heavy atom. The van der Waals surface area contributed by atoms with Gasteiger partial charge in [0.15, 0.2) is 5.82 Å². The number of ether oxygens (including phenoxy) is 1. The fourth-order valence-electron chi connectivity index (χ4n) is 4.28. The first-order valence-electron chi connectivity index (χ1n) is 11.5. The average molecular weight is 507 g/mol. The lowest BCUT2D eigenvalue weighted by Gasteiger charge is -2.27. The molecule has 1 aliphatic carbocycles. The molecule has 1 saturated carbocycles. The average Bonchev–Trinajstić information content (AvgIpc) is 3.09. The van der Waals surface area contributed by atoms with Crippen LogP contribution in [0.25, 0.3) is 11.0 Å². The second-order valence-electron chi connectivity index (χ2n) is 9.27. The van der Waals surface area contributed by atoms with Gasteiger partial charge in [0.25, 0.3) is 5.91 Å². The van der Waals surface area contributed by atoms with Crippen molar-refractivity contribution < 1.29 is 13.9 Å². The van der Waals surface area contributed by atoms with E-state index in [0.29, 0.717) is 28.7 Å². The summed E-state index contributed by atoms with van der Waals surface area (Å²) in [6.45, 7) is 6.07. The molecule has 0 radical (unpaired) electrons. The van der Waals surface area contributed by atoms with E-state index in [4.69, 9.17) is 27.9 Å². The van der Waals surface area contributed by atoms with Crippen molar-refractivity contribution in [3.8, 4) is 5.75 Å². The van der Waals surface area contributed by atoms with Crippen LogP contribution in [0.4, 0.5) is 16.0 Å². The number of imidazole rings is 1. The smallest absolute Gasteiger partial charge is 0.255 e. The molecule has 2 N–H and O–H groups in total. The third kappa shape index (κ3) is 5.10. The van der Waals surface area contributed by atoms with Gasteiger partial charge < -0.3 is 19.9 Å². The van der Waals surface area contributed by atoms with Gasteiger partial charge in [-0.2, -0.15) is 0 Å². The highest BCUT2D eigenvalue weighted by molar-refractivity contribution is 6.35. The molecule has 0 aliphatic heterocycles. The van der Waals surface area contributed by atoms with E-state index in [9.17, 15) is 9.18 Å². The maximum absolute atomic E-state index is 14.6. The lowest BCUT2D eigenvalue weighted by molar-refractivity contribution is 0.0917. The van der Waals surface area contributed by atoms with E-state index in [1.807, 2.05) is 13.8 Å². The SMILES string of the molecule is CC1CCC(NC(=O)c2cc3nc(Nc4c(Cl)ccc(Cl)c4F)n(C)c3cc2OC(C)C)CC1. The largest absolute Gasteiger partial charge is 0.490 e. The number of nitrogens with one attached hydrogen (secondary N) is 2. The summed E-state index contributed by atoms with van der Waals surface area (Å²) in [5, 5.41) is 6.24. The van der Waals surface area contributed by atoms with Crippen LogP contribution in [0, 0.1) is 11.7 Å². The predicted molar refractivity (Wildman–Crippen MR) is 135 cm³/mol. The van der Waals surface area contributed by atoms with Crippen molar-refractivity contribution in [3.05, 3.63) is 45.7 Å². The van der Waals surface area contributed by atoms with Crippen molar-refractivity contribution in [2.75, 3.05) is 5.32 Å². The number of carbonyl (C=O) groups is 1. The van der Waals surface area contributed by atoms with Crippen molar-refractivity contribution in [2.24, 2.45) is 13.0 Å². The lowest BCUT2D eigenvalue weighted by atomic mass is 9.87. The van der Waals surface area contributed by atoms with Crippen LogP contribution in [0.2, 0.25) is 10.0 Å². The first kappa shape index (κ1) is 24.6. The number of nitrogens with zero attached hydrogens (tertiary/aromatic N) is 2. The molecule has 1 fully saturated rings. The molecule has 9 heteroatoms. The van der Waals surface area contributed by atoms with Crippen molar-refractivity contribution in [2.45, 2.75) is 58.6 Å². The molecule has 1 aliphatic rings. The van der Waals surface area contributed by atoms with Crippen LogP contribution in [0.1, 0.15) is 56.8 Å². The van der Waals surface area contributed by atoms with Crippen molar-refractivity contribution in [1.29, 1.82) is 0 Å². The molecule has 0 unspecified atom stereocenters. The Bertz CT molecular complexity index is 1220. The fraction of sp³-hybridized carbons (Fsp3) is 0.440. The molecule has 1 heterocycles. The third-order valence-electron chi connectivity index (χ3n) is 6.22. The maximum atomic E-state index is 14.6. The van der Waals surface area contributed by atoms with Crippen molar-refractivity contribution in [1.82, 2.24) is 14.9 Å². The highest BCUT2D eigenvalue weighted by Crippen LogP contribution is 2.35. The molecule has 182 valence electrons. The maximum Gasteiger partial charge on any atom is 0.255 e. The number of fused-ring (bicyclic) bond motifs is 1. The molecule has 2 aromatic carbocycles. The van der Waals surface area contributed by atoms with Crippen LogP contribution in [-0.4, -0.2) is 27.6 Å². The van der Waals surface area contributed by atoms with Crippen LogP contribution in [0.5, 0.6) is 5.75 Å². The molecule has 0 bridgehead atoms. The molecule has 3 aromatic rings. The zero-order valence-electron chi connectivity index (χ0n) is 19.7. The Labute approximate surface area is 208 Å². The molecule has 6 nitrogen and oxygen atoms in total. The lowest BCUT2D eigenvalue weighted by Crippen LogP contribution is -2.37. The monoisotopic (exact) mass is 506 g/mol. The highest BCUT2D eigenvalue weighted by Gasteiger charge is 2.24. The molecular weight excluding hydrogens is 478 g/mol. The predicted octanol–water partition coefficient (Wildman–Crippen LogP) is 6.86. The Morgan fingerprint density at radius 3 is 2.53 bits per heavy atom. The van der Waals surface area contributed by atoms with Crippen LogP contribution in [0.15, 0.2) is 24.3 Å². The molecular formula is C25H29Cl2FN4O2. The van der Waals surface area contributed by atoms with Crippen LogP contribution in [0.3, 0.4) is 0 Å². The summed E-state index contributed by atoms with van der Waals surface area (Å²) in [6, 6.07) is 6.57. The van der Waals surface area contributed by atoms with Gasteiger partial charge in [-0.25, -0.2) is 9.37 Å². The molecule has 0 saturated heterocycles. The summed E-state index contributed by atoms with van der Waals surface area (Å²) in [7, 11) is 1.79. The summed E-state index contributed by atoms with van der Waals surface area (Å²) in [4.78, 5) is 17.8. The van der Waals surface area contributed by atoms with E-state index in [1.54, 1.807) is 23.7 Å². The second kappa shape index (κ2) is 10.0. The number of rotatable bonds is 6. The van der Waals surface area contributed by atoms with Gasteiger partial charge in [0.05, 0.1) is 38.4 Å². The van der Waals surface area contributed by atoms with Crippen LogP contribution >= 0.6 is 23.2 Å². The van der Waals surface area contributed by atoms with Gasteiger partial charge in [0.1, 0.15) is 5.75 Å². The highest BCUT2D eigenvalue weighted by atomic mass is 35.5. The zero-order valence-corrected chi connectivity index (χ0v) is 21.2. The summed E-state index contributed by atoms with van der Waals surface area (Å²) in [6.07, 6.45) is 4.04. The normalized spacial score (nSPS) is 18.4. The number of amides is 1. The number of carbonyl (C=O) groups excluding carboxylic acids is 1. The molecule has 34 heavy (non-hydrogen) atoms. The van der Waals surface area contributed by atoms with E-state index in [1.165, 1.54) is 12.1 Å². The topological polar surface area (TPSA) is 68.2 Å². The minimum Gasteiger partial charge on any atom is -0.490 e. The van der Waals surface area contributed by atoms with Gasteiger partial charge >= 0.3 is 0 Å². The Morgan fingerprint density at radius 2 is 1.85 bits per heavy atom. The standard InChI is InChI=1S/C25H29Cl2FN4O2/c1-13(2)34-21-12-20-19(11-16(21)24(33)29-15-7-5-14(3)6-8-15)30-25(32(20)4)31-23-18(27)10-9-17(26)22(23)28/h9-15H,5-8H2,1-4H3,(H,29,33)(H,30,31). The van der Waals surface area contributed by atoms with Gasteiger partial charge in [0, 0.05) is 19.2 Å². The van der Waals surface area contributed by atoms with Crippen molar-refractivity contribution >= 4 is 51.8 Å². The van der Waals surface area contributed by atoms with Gasteiger partial charge in [-0.05, 0) is 63.6 Å². The summed E-state index contributed by atoms with van der Waals surface area (Å²) in [5.74, 6) is 0.688. The second-order valence-corrected chi connectivity index (χ2v) is 10.1. The van der Waals surface area contributed by atoms with E-state index in [0.717, 1.165) is 31.2 Å². The molecule has 0 atom stereocenters. The fourth-order valence-corrected chi connectivity index (χ4v) is 4.63. The first-order valence-corrected chi connectivity index (χ1v) is 12.3. The Hall–Kier alpha value is -2.51. The quantitative estimate of drug-likeness (QED) is 0.358. The summed E-state index contributed by atoms with van der Waals surface area (Å²) < 4.78 is 22.3. The molecule has 1 aromatic heterocycles. The minimum absolute atomic E-state index is 0.0377. The van der Waals surface area contributed by atoms with E-state index in [-0.39, 0.29) is 33.8 Å². The van der Waals surface area contributed by atoms with Crippen molar-refractivity contribution in [3.63, 3.8) is 0 Å². The number of aromatic nitrogens is 2. The molecule has 1 amide bonds. The zero-order chi connectivity index (χ0) is 24.6. The number of halogens is 3. The number of hydrogen-bond acceptors (Lipinski definition) is 4. The number of aryl methyl sites for hydroxylation is 1. The van der Waals surface area contributed by atoms with E-state index < -0.39 is 5.82 Å². The number of hydrogen-bond donors (Lipinski definition) is 2. The van der Waals surface area contributed by atoms with E-state index in [2.05, 4.69) is 22.5 Å². The number of benzene rings is 2. The minimum atomic E-state index is -0.660. The molecule has 4 rings (SSSR count). The summed E-state index contributed by atoms with van der Waals surface area (Å²) in [5.41, 5.74) is 1.76. The Kier molecular flexibility index (Phi) is 7.24.